The number of hydrogen-bond acceptors (Lipinski definition) is 4. The molecular formula is C25H26F2N4O4. The summed E-state index contributed by atoms with van der Waals surface area (Å²) in [6, 6.07) is 7.39. The lowest BCUT2D eigenvalue weighted by Crippen LogP contribution is -2.69. The normalized spacial score (nSPS) is 22.3. The first-order valence-electron chi connectivity index (χ1n) is 11.5. The van der Waals surface area contributed by atoms with Crippen LogP contribution in [0.3, 0.4) is 0 Å². The zero-order valence-electron chi connectivity index (χ0n) is 19.6. The van der Waals surface area contributed by atoms with Gasteiger partial charge in [0.15, 0.2) is 0 Å². The Labute approximate surface area is 200 Å². The first-order valence-corrected chi connectivity index (χ1v) is 11.5. The van der Waals surface area contributed by atoms with E-state index in [-0.39, 0.29) is 17.5 Å². The van der Waals surface area contributed by atoms with Crippen LogP contribution in [-0.4, -0.2) is 46.6 Å². The fraction of sp³-hybridized carbons (Fsp3) is 0.440. The van der Waals surface area contributed by atoms with Gasteiger partial charge in [-0.05, 0) is 50.3 Å². The second kappa shape index (κ2) is 7.73. The second-order valence-corrected chi connectivity index (χ2v) is 9.91. The third-order valence-electron chi connectivity index (χ3n) is 7.32. The number of likely N-dealkylation sites (N-methyl/N-ethyl adjacent to an activating group) is 1. The van der Waals surface area contributed by atoms with Crippen molar-refractivity contribution in [3.05, 3.63) is 52.3 Å². The number of Topliss-reactive ketones (excluding diaryl/α,β-unsaturated/α-hetero) is 1. The molecule has 1 aliphatic heterocycles. The number of anilines is 1. The monoisotopic (exact) mass is 484 g/mol. The second-order valence-electron chi connectivity index (χ2n) is 9.91. The predicted octanol–water partition coefficient (Wildman–Crippen LogP) is 2.69. The number of amides is 3. The summed E-state index contributed by atoms with van der Waals surface area (Å²) in [5.74, 6) is -6.03. The molecule has 2 aliphatic carbocycles. The highest BCUT2D eigenvalue weighted by Gasteiger charge is 2.62. The highest BCUT2D eigenvalue weighted by Crippen LogP contribution is 2.54. The van der Waals surface area contributed by atoms with Crippen LogP contribution in [0.2, 0.25) is 0 Å². The molecule has 1 aromatic heterocycles. The molecule has 2 heterocycles. The van der Waals surface area contributed by atoms with Gasteiger partial charge in [-0.15, -0.1) is 0 Å². The number of halogens is 2. The molecule has 3 N–H and O–H groups in total. The number of carbonyl (C=O) groups is 4. The van der Waals surface area contributed by atoms with E-state index in [0.717, 1.165) is 12.0 Å². The topological polar surface area (TPSA) is 109 Å². The van der Waals surface area contributed by atoms with E-state index < -0.39 is 41.9 Å². The maximum absolute atomic E-state index is 13.6. The number of rotatable bonds is 6. The van der Waals surface area contributed by atoms with E-state index in [0.29, 0.717) is 35.0 Å². The molecule has 8 nitrogen and oxygen atoms in total. The van der Waals surface area contributed by atoms with Crippen LogP contribution in [0.1, 0.15) is 63.0 Å². The van der Waals surface area contributed by atoms with Crippen LogP contribution in [0.25, 0.3) is 0 Å². The number of carbonyl (C=O) groups excluding carboxylic acids is 4. The van der Waals surface area contributed by atoms with Gasteiger partial charge in [-0.1, -0.05) is 17.7 Å². The van der Waals surface area contributed by atoms with Gasteiger partial charge in [0.1, 0.15) is 11.2 Å². The number of nitrogens with one attached hydrogen (secondary N) is 3. The molecule has 0 saturated heterocycles. The summed E-state index contributed by atoms with van der Waals surface area (Å²) in [5, 5.41) is 7.41. The van der Waals surface area contributed by atoms with E-state index in [9.17, 15) is 28.0 Å². The van der Waals surface area contributed by atoms with Crippen molar-refractivity contribution >= 4 is 29.2 Å². The lowest BCUT2D eigenvalue weighted by Gasteiger charge is -2.45. The molecule has 1 aromatic carbocycles. The summed E-state index contributed by atoms with van der Waals surface area (Å²) >= 11 is 0. The lowest BCUT2D eigenvalue weighted by atomic mass is 9.72. The minimum absolute atomic E-state index is 0.0922. The van der Waals surface area contributed by atoms with Crippen molar-refractivity contribution in [2.24, 2.45) is 5.92 Å². The molecule has 0 spiro atoms. The summed E-state index contributed by atoms with van der Waals surface area (Å²) in [4.78, 5) is 51.7. The van der Waals surface area contributed by atoms with Crippen LogP contribution in [0, 0.1) is 19.8 Å². The quantitative estimate of drug-likeness (QED) is 0.433. The molecule has 35 heavy (non-hydrogen) atoms. The summed E-state index contributed by atoms with van der Waals surface area (Å²) in [6.07, 6.45) is -0.309. The first-order chi connectivity index (χ1) is 16.5. The molecule has 0 bridgehead atoms. The number of benzene rings is 1. The van der Waals surface area contributed by atoms with Crippen molar-refractivity contribution in [3.8, 4) is 0 Å². The van der Waals surface area contributed by atoms with Gasteiger partial charge in [0.2, 0.25) is 5.91 Å². The Morgan fingerprint density at radius 1 is 1.06 bits per heavy atom. The van der Waals surface area contributed by atoms with Crippen LogP contribution in [0.4, 0.5) is 14.5 Å². The molecule has 2 aromatic rings. The van der Waals surface area contributed by atoms with Crippen LogP contribution in [-0.2, 0) is 16.0 Å². The average Bonchev–Trinajstić information content (AvgIpc) is 3.36. The Bertz CT molecular complexity index is 1270. The van der Waals surface area contributed by atoms with Crippen molar-refractivity contribution in [1.82, 2.24) is 15.2 Å². The van der Waals surface area contributed by atoms with Gasteiger partial charge < -0.3 is 20.5 Å². The SMILES string of the molecule is CNC(=O)C1(NC(=O)C(=O)c2c(C)c(C(=O)Nc3ccc(C)cc3)n3c2C[C@H]2C[C@H]23)CC(F)(F)C1. The number of nitrogens with zero attached hydrogens (tertiary/aromatic N) is 1. The number of alkyl halides is 2. The Morgan fingerprint density at radius 2 is 1.71 bits per heavy atom. The van der Waals surface area contributed by atoms with E-state index in [1.54, 1.807) is 19.1 Å². The minimum atomic E-state index is -3.10. The average molecular weight is 485 g/mol. The minimum Gasteiger partial charge on any atom is -0.357 e. The summed E-state index contributed by atoms with van der Waals surface area (Å²) in [7, 11) is 1.28. The molecule has 3 aliphatic rings. The summed E-state index contributed by atoms with van der Waals surface area (Å²) in [6.45, 7) is 3.55. The highest BCUT2D eigenvalue weighted by molar-refractivity contribution is 6.44. The standard InChI is InChI=1S/C25H26F2N4O4/c1-12-4-6-15(7-5-12)29-21(33)19-13(2)18(17-9-14-8-16(14)31(17)19)20(32)22(34)30-24(23(35)28-3)10-25(26,27)11-24/h4-7,14,16H,8-11H2,1-3H3,(H,28,35)(H,29,33)(H,30,34)/t14-,16-/m1/s1. The van der Waals surface area contributed by atoms with E-state index in [1.807, 2.05) is 23.6 Å². The van der Waals surface area contributed by atoms with Crippen LogP contribution < -0.4 is 16.0 Å². The van der Waals surface area contributed by atoms with Crippen LogP contribution in [0.15, 0.2) is 24.3 Å². The number of ketones is 1. The predicted molar refractivity (Wildman–Crippen MR) is 123 cm³/mol. The van der Waals surface area contributed by atoms with Gasteiger partial charge >= 0.3 is 0 Å². The third-order valence-corrected chi connectivity index (χ3v) is 7.32. The summed E-state index contributed by atoms with van der Waals surface area (Å²) < 4.78 is 29.1. The molecule has 184 valence electrons. The summed E-state index contributed by atoms with van der Waals surface area (Å²) in [5.41, 5.74) is 1.20. The Hall–Kier alpha value is -3.56. The third kappa shape index (κ3) is 3.71. The lowest BCUT2D eigenvalue weighted by molar-refractivity contribution is -0.164. The van der Waals surface area contributed by atoms with Crippen molar-refractivity contribution in [3.63, 3.8) is 0 Å². The van der Waals surface area contributed by atoms with Gasteiger partial charge in [0, 0.05) is 37.3 Å². The fourth-order valence-corrected chi connectivity index (χ4v) is 5.52. The van der Waals surface area contributed by atoms with E-state index in [4.69, 9.17) is 0 Å². The number of aryl methyl sites for hydroxylation is 1. The van der Waals surface area contributed by atoms with Crippen LogP contribution in [0.5, 0.6) is 0 Å². The zero-order chi connectivity index (χ0) is 25.3. The van der Waals surface area contributed by atoms with E-state index in [2.05, 4.69) is 16.0 Å². The molecule has 10 heteroatoms. The number of aromatic nitrogens is 1. The molecule has 0 radical (unpaired) electrons. The van der Waals surface area contributed by atoms with E-state index in [1.165, 1.54) is 7.05 Å². The molecule has 0 unspecified atom stereocenters. The van der Waals surface area contributed by atoms with Crippen LogP contribution >= 0.6 is 0 Å². The van der Waals surface area contributed by atoms with Gasteiger partial charge in [-0.25, -0.2) is 8.78 Å². The van der Waals surface area contributed by atoms with E-state index >= 15 is 0 Å². The smallest absolute Gasteiger partial charge is 0.293 e. The number of hydrogen-bond donors (Lipinski definition) is 3. The molecule has 2 fully saturated rings. The Balaban J connectivity index is 1.44. The van der Waals surface area contributed by atoms with Gasteiger partial charge in [-0.2, -0.15) is 0 Å². The van der Waals surface area contributed by atoms with Crippen molar-refractivity contribution in [1.29, 1.82) is 0 Å². The molecule has 2 saturated carbocycles. The Kier molecular flexibility index (Phi) is 5.12. The van der Waals surface area contributed by atoms with Crippen molar-refractivity contribution < 1.29 is 28.0 Å². The zero-order valence-corrected chi connectivity index (χ0v) is 19.6. The largest absolute Gasteiger partial charge is 0.357 e. The van der Waals surface area contributed by atoms with Gasteiger partial charge in [-0.3, -0.25) is 19.2 Å². The first kappa shape index (κ1) is 23.2. The van der Waals surface area contributed by atoms with Gasteiger partial charge in [0.05, 0.1) is 5.56 Å². The molecule has 2 atom stereocenters. The molecular weight excluding hydrogens is 458 g/mol. The molecule has 5 rings (SSSR count). The number of fused-ring (bicyclic) bond motifs is 3. The fourth-order valence-electron chi connectivity index (χ4n) is 5.52. The van der Waals surface area contributed by atoms with Crippen molar-refractivity contribution in [2.45, 2.75) is 57.0 Å². The Morgan fingerprint density at radius 3 is 2.31 bits per heavy atom. The maximum Gasteiger partial charge on any atom is 0.293 e. The maximum atomic E-state index is 13.6. The highest BCUT2D eigenvalue weighted by atomic mass is 19.3. The van der Waals surface area contributed by atoms with Gasteiger partial charge in [0.25, 0.3) is 23.5 Å². The molecule has 3 amide bonds. The van der Waals surface area contributed by atoms with Crippen molar-refractivity contribution in [2.75, 3.05) is 12.4 Å².